The monoisotopic (exact) mass is 681 g/mol. The van der Waals surface area contributed by atoms with Crippen molar-refractivity contribution in [3.63, 3.8) is 0 Å². The lowest BCUT2D eigenvalue weighted by Gasteiger charge is -2.41. The lowest BCUT2D eigenvalue weighted by atomic mass is 10.0. The average molecular weight is 682 g/mol. The van der Waals surface area contributed by atoms with Crippen LogP contribution in [0.25, 0.3) is 32.9 Å². The van der Waals surface area contributed by atoms with Gasteiger partial charge in [0.25, 0.3) is 0 Å². The standard InChI is InChI=1S/C34H35ClF3N7O3/c1-34(2,3)48-33(46)45-15-14-44(17-20(45)10-12-39)31-22-16-40-29(21-7-5-6-19-8-9-24(37)27(35)26(19)21)28(38)30(22)41-32(42-31)47-18-25-23(36)11-13-43(25)4/h5-9,16,20,23,25H,10-11,13-15,17-18H2,1-4H3/t20-,23-,25-/m0/s1. The first-order chi connectivity index (χ1) is 22.9. The molecule has 0 spiro atoms. The van der Waals surface area contributed by atoms with Crippen LogP contribution in [-0.4, -0.2) is 94.5 Å². The van der Waals surface area contributed by atoms with E-state index in [0.717, 1.165) is 0 Å². The Morgan fingerprint density at radius 2 is 1.94 bits per heavy atom. The molecular weight excluding hydrogens is 647 g/mol. The molecule has 2 aliphatic rings. The summed E-state index contributed by atoms with van der Waals surface area (Å²) in [5.41, 5.74) is -0.680. The molecule has 252 valence electrons. The van der Waals surface area contributed by atoms with E-state index in [4.69, 9.17) is 21.1 Å². The van der Waals surface area contributed by atoms with Crippen molar-refractivity contribution in [3.05, 3.63) is 53.2 Å². The van der Waals surface area contributed by atoms with E-state index in [2.05, 4.69) is 21.0 Å². The lowest BCUT2D eigenvalue weighted by Crippen LogP contribution is -2.56. The minimum Gasteiger partial charge on any atom is -0.462 e. The van der Waals surface area contributed by atoms with Gasteiger partial charge >= 0.3 is 12.1 Å². The number of pyridine rings is 1. The van der Waals surface area contributed by atoms with Crippen LogP contribution in [0.4, 0.5) is 23.8 Å². The number of hydrogen-bond donors (Lipinski definition) is 0. The Morgan fingerprint density at radius 1 is 1.15 bits per heavy atom. The lowest BCUT2D eigenvalue weighted by molar-refractivity contribution is 0.0145. The summed E-state index contributed by atoms with van der Waals surface area (Å²) in [6.07, 6.45) is 0.174. The van der Waals surface area contributed by atoms with Crippen molar-refractivity contribution in [2.45, 2.75) is 57.5 Å². The first-order valence-electron chi connectivity index (χ1n) is 15.7. The van der Waals surface area contributed by atoms with Gasteiger partial charge < -0.3 is 19.3 Å². The molecule has 0 saturated carbocycles. The van der Waals surface area contributed by atoms with Gasteiger partial charge in [0.2, 0.25) is 0 Å². The van der Waals surface area contributed by atoms with Gasteiger partial charge in [-0.1, -0.05) is 35.9 Å². The highest BCUT2D eigenvalue weighted by atomic mass is 35.5. The molecule has 2 saturated heterocycles. The van der Waals surface area contributed by atoms with Crippen molar-refractivity contribution in [1.29, 1.82) is 5.26 Å². The molecule has 10 nitrogen and oxygen atoms in total. The summed E-state index contributed by atoms with van der Waals surface area (Å²) >= 11 is 6.37. The number of ether oxygens (including phenoxy) is 2. The molecule has 3 atom stereocenters. The zero-order chi connectivity index (χ0) is 34.3. The largest absolute Gasteiger partial charge is 0.462 e. The van der Waals surface area contributed by atoms with Crippen LogP contribution < -0.4 is 9.64 Å². The van der Waals surface area contributed by atoms with E-state index in [0.29, 0.717) is 23.7 Å². The number of alkyl halides is 1. The van der Waals surface area contributed by atoms with Crippen molar-refractivity contribution >= 4 is 45.2 Å². The predicted molar refractivity (Wildman–Crippen MR) is 176 cm³/mol. The topological polar surface area (TPSA) is 108 Å². The van der Waals surface area contributed by atoms with Crippen molar-refractivity contribution in [3.8, 4) is 23.3 Å². The fraction of sp³-hybridized carbons (Fsp3) is 0.441. The second-order valence-electron chi connectivity index (χ2n) is 13.1. The van der Waals surface area contributed by atoms with Gasteiger partial charge in [-0.2, -0.15) is 15.2 Å². The first kappa shape index (κ1) is 33.5. The number of benzene rings is 2. The summed E-state index contributed by atoms with van der Waals surface area (Å²) in [5, 5.41) is 10.6. The van der Waals surface area contributed by atoms with Gasteiger partial charge in [-0.15, -0.1) is 0 Å². The van der Waals surface area contributed by atoms with Gasteiger partial charge in [-0.3, -0.25) is 9.88 Å². The number of carbonyl (C=O) groups excluding carboxylic acids is 1. The van der Waals surface area contributed by atoms with E-state index < -0.39 is 41.6 Å². The molecule has 2 aromatic heterocycles. The van der Waals surface area contributed by atoms with Gasteiger partial charge in [-0.05, 0) is 45.7 Å². The average Bonchev–Trinajstić information content (AvgIpc) is 3.37. The maximum absolute atomic E-state index is 16.7. The third-order valence-electron chi connectivity index (χ3n) is 8.70. The number of carbonyl (C=O) groups is 1. The van der Waals surface area contributed by atoms with Gasteiger partial charge in [0.15, 0.2) is 5.82 Å². The Bertz CT molecular complexity index is 1910. The van der Waals surface area contributed by atoms with Crippen molar-refractivity contribution in [1.82, 2.24) is 24.8 Å². The van der Waals surface area contributed by atoms with Crippen molar-refractivity contribution in [2.24, 2.45) is 0 Å². The highest BCUT2D eigenvalue weighted by Crippen LogP contribution is 2.38. The predicted octanol–water partition coefficient (Wildman–Crippen LogP) is 6.54. The number of halogens is 4. The van der Waals surface area contributed by atoms with E-state index >= 15 is 4.39 Å². The maximum atomic E-state index is 16.7. The number of amides is 1. The number of nitriles is 1. The third-order valence-corrected chi connectivity index (χ3v) is 9.06. The molecule has 0 unspecified atom stereocenters. The zero-order valence-corrected chi connectivity index (χ0v) is 27.8. The van der Waals surface area contributed by atoms with Crippen LogP contribution in [0.3, 0.4) is 0 Å². The van der Waals surface area contributed by atoms with E-state index in [1.165, 1.54) is 17.2 Å². The molecule has 0 radical (unpaired) electrons. The van der Waals surface area contributed by atoms with E-state index in [9.17, 15) is 18.8 Å². The SMILES string of the molecule is CN1CC[C@H](F)[C@@H]1COc1nc(N2CCN(C(=O)OC(C)(C)C)[C@@H](CC#N)C2)c2cnc(-c3cccc4ccc(F)c(Cl)c34)c(F)c2n1. The number of anilines is 1. The molecule has 4 aromatic rings. The minimum absolute atomic E-state index is 0.0170. The van der Waals surface area contributed by atoms with Crippen LogP contribution in [0.15, 0.2) is 36.5 Å². The number of rotatable bonds is 6. The summed E-state index contributed by atoms with van der Waals surface area (Å²) in [7, 11) is 1.80. The molecule has 0 N–H and O–H groups in total. The molecule has 0 aliphatic carbocycles. The fourth-order valence-corrected chi connectivity index (χ4v) is 6.54. The summed E-state index contributed by atoms with van der Waals surface area (Å²) in [6.45, 7) is 6.45. The molecule has 2 aliphatic heterocycles. The number of likely N-dealkylation sites (tertiary alicyclic amines) is 1. The number of piperazine rings is 1. The molecule has 2 aromatic carbocycles. The summed E-state index contributed by atoms with van der Waals surface area (Å²) in [5.74, 6) is -1.19. The second-order valence-corrected chi connectivity index (χ2v) is 13.5. The van der Waals surface area contributed by atoms with Crippen LogP contribution in [0.2, 0.25) is 5.02 Å². The van der Waals surface area contributed by atoms with Crippen LogP contribution in [0.1, 0.15) is 33.6 Å². The van der Waals surface area contributed by atoms with E-state index in [1.54, 1.807) is 52.1 Å². The summed E-state index contributed by atoms with van der Waals surface area (Å²) in [4.78, 5) is 31.7. The van der Waals surface area contributed by atoms with E-state index in [1.807, 2.05) is 9.80 Å². The van der Waals surface area contributed by atoms with Gasteiger partial charge in [0.1, 0.15) is 41.2 Å². The zero-order valence-electron chi connectivity index (χ0n) is 27.0. The summed E-state index contributed by atoms with van der Waals surface area (Å²) < 4.78 is 57.4. The Balaban J connectivity index is 1.44. The maximum Gasteiger partial charge on any atom is 0.410 e. The molecule has 1 amide bonds. The Morgan fingerprint density at radius 3 is 2.65 bits per heavy atom. The number of aromatic nitrogens is 3. The number of likely N-dealkylation sites (N-methyl/N-ethyl adjacent to an activating group) is 1. The summed E-state index contributed by atoms with van der Waals surface area (Å²) in [6, 6.07) is 8.71. The minimum atomic E-state index is -1.10. The first-order valence-corrected chi connectivity index (χ1v) is 16.1. The number of hydrogen-bond acceptors (Lipinski definition) is 9. The van der Waals surface area contributed by atoms with Gasteiger partial charge in [0.05, 0.1) is 35.0 Å². The highest BCUT2D eigenvalue weighted by Gasteiger charge is 2.36. The third kappa shape index (κ3) is 6.51. The highest BCUT2D eigenvalue weighted by molar-refractivity contribution is 6.36. The van der Waals surface area contributed by atoms with E-state index in [-0.39, 0.29) is 71.7 Å². The van der Waals surface area contributed by atoms with Crippen LogP contribution in [0, 0.1) is 23.0 Å². The van der Waals surface area contributed by atoms with Crippen LogP contribution >= 0.6 is 11.6 Å². The van der Waals surface area contributed by atoms with Crippen molar-refractivity contribution < 1.29 is 27.4 Å². The quantitative estimate of drug-likeness (QED) is 0.224. The Hall–Kier alpha value is -4.41. The molecule has 4 heterocycles. The normalized spacial score (nSPS) is 20.4. The molecular formula is C34H35ClF3N7O3. The molecule has 0 bridgehead atoms. The Labute approximate surface area is 281 Å². The molecule has 14 heteroatoms. The second kappa shape index (κ2) is 13.2. The van der Waals surface area contributed by atoms with Crippen LogP contribution in [-0.2, 0) is 4.74 Å². The number of nitrogens with zero attached hydrogens (tertiary/aromatic N) is 7. The smallest absolute Gasteiger partial charge is 0.410 e. The van der Waals surface area contributed by atoms with Gasteiger partial charge in [-0.25, -0.2) is 18.0 Å². The Kier molecular flexibility index (Phi) is 9.24. The van der Waals surface area contributed by atoms with Gasteiger partial charge in [0, 0.05) is 43.3 Å². The molecule has 6 rings (SSSR count). The molecule has 2 fully saturated rings. The fourth-order valence-electron chi connectivity index (χ4n) is 6.26. The molecule has 48 heavy (non-hydrogen) atoms. The van der Waals surface area contributed by atoms with Crippen LogP contribution in [0.5, 0.6) is 6.01 Å². The van der Waals surface area contributed by atoms with Crippen molar-refractivity contribution in [2.75, 3.05) is 44.7 Å². The number of fused-ring (bicyclic) bond motifs is 2.